The molecule has 0 saturated carbocycles. The first-order chi connectivity index (χ1) is 5.50. The number of ether oxygens (including phenoxy) is 1. The van der Waals surface area contributed by atoms with Crippen molar-refractivity contribution in [3.05, 3.63) is 0 Å². The maximum absolute atomic E-state index is 12.8. The molecule has 0 aliphatic heterocycles. The normalized spacial score (nSPS) is 12.8. The molecule has 0 aromatic heterocycles. The van der Waals surface area contributed by atoms with E-state index in [4.69, 9.17) is 0 Å². The molecule has 4 heteroatoms. The molecule has 0 bridgehead atoms. The van der Waals surface area contributed by atoms with Crippen molar-refractivity contribution < 1.29 is 18.7 Å². The molecule has 0 aliphatic carbocycles. The number of rotatable bonds is 4. The zero-order valence-electron chi connectivity index (χ0n) is 7.46. The lowest BCUT2D eigenvalue weighted by atomic mass is 10.1. The van der Waals surface area contributed by atoms with E-state index in [9.17, 15) is 14.0 Å². The lowest BCUT2D eigenvalue weighted by Gasteiger charge is -2.08. The van der Waals surface area contributed by atoms with Gasteiger partial charge in [-0.15, -0.1) is 0 Å². The number of alkyl halides is 1. The lowest BCUT2D eigenvalue weighted by molar-refractivity contribution is -0.153. The molecule has 0 rings (SSSR count). The van der Waals surface area contributed by atoms with Gasteiger partial charge in [0.25, 0.3) is 6.17 Å². The number of carbonyl (C=O) groups is 2. The van der Waals surface area contributed by atoms with Gasteiger partial charge in [-0.3, -0.25) is 4.79 Å². The summed E-state index contributed by atoms with van der Waals surface area (Å²) in [6, 6.07) is 0. The number of halogens is 1. The molecule has 0 aliphatic rings. The van der Waals surface area contributed by atoms with Crippen molar-refractivity contribution in [1.82, 2.24) is 0 Å². The quantitative estimate of drug-likeness (QED) is 0.476. The monoisotopic (exact) mass is 176 g/mol. The standard InChI is InChI=1S/C8H13FO3/c1-4-12-8(11)6(9)7(10)5(2)3/h5-6H,4H2,1-3H3/t6-/m0/s1. The molecule has 12 heavy (non-hydrogen) atoms. The molecule has 0 aromatic rings. The van der Waals surface area contributed by atoms with Crippen molar-refractivity contribution in [2.75, 3.05) is 6.61 Å². The van der Waals surface area contributed by atoms with Gasteiger partial charge in [-0.25, -0.2) is 9.18 Å². The third kappa shape index (κ3) is 2.98. The molecule has 70 valence electrons. The molecule has 0 saturated heterocycles. The van der Waals surface area contributed by atoms with Gasteiger partial charge in [0.05, 0.1) is 6.61 Å². The van der Waals surface area contributed by atoms with E-state index in [0.717, 1.165) is 0 Å². The molecule has 0 N–H and O–H groups in total. The molecule has 3 nitrogen and oxygen atoms in total. The van der Waals surface area contributed by atoms with Crippen molar-refractivity contribution in [2.24, 2.45) is 5.92 Å². The minimum absolute atomic E-state index is 0.0879. The van der Waals surface area contributed by atoms with Gasteiger partial charge in [-0.05, 0) is 6.92 Å². The van der Waals surface area contributed by atoms with E-state index in [1.807, 2.05) is 0 Å². The summed E-state index contributed by atoms with van der Waals surface area (Å²) in [5.41, 5.74) is 0. The van der Waals surface area contributed by atoms with E-state index in [2.05, 4.69) is 4.74 Å². The Balaban J connectivity index is 4.10. The molecular weight excluding hydrogens is 163 g/mol. The van der Waals surface area contributed by atoms with Crippen molar-refractivity contribution >= 4 is 11.8 Å². The Hall–Kier alpha value is -0.930. The average molecular weight is 176 g/mol. The van der Waals surface area contributed by atoms with Gasteiger partial charge in [0, 0.05) is 5.92 Å². The SMILES string of the molecule is CCOC(=O)[C@@H](F)C(=O)C(C)C. The van der Waals surface area contributed by atoms with Gasteiger partial charge in [-0.1, -0.05) is 13.8 Å². The summed E-state index contributed by atoms with van der Waals surface area (Å²) in [4.78, 5) is 21.6. The van der Waals surface area contributed by atoms with Gasteiger partial charge in [0.1, 0.15) is 0 Å². The van der Waals surface area contributed by atoms with Crippen molar-refractivity contribution in [3.63, 3.8) is 0 Å². The average Bonchev–Trinajstić information content (AvgIpc) is 2.02. The molecule has 0 radical (unpaired) electrons. The predicted molar refractivity (Wildman–Crippen MR) is 41.4 cm³/mol. The van der Waals surface area contributed by atoms with Gasteiger partial charge in [-0.2, -0.15) is 0 Å². The molecule has 1 atom stereocenters. The fraction of sp³-hybridized carbons (Fsp3) is 0.750. The van der Waals surface area contributed by atoms with Crippen LogP contribution in [0.25, 0.3) is 0 Å². The van der Waals surface area contributed by atoms with Crippen molar-refractivity contribution in [1.29, 1.82) is 0 Å². The Morgan fingerprint density at radius 3 is 2.25 bits per heavy atom. The highest BCUT2D eigenvalue weighted by Gasteiger charge is 2.28. The second kappa shape index (κ2) is 4.85. The third-order valence-electron chi connectivity index (χ3n) is 1.31. The number of hydrogen-bond acceptors (Lipinski definition) is 3. The number of carbonyl (C=O) groups excluding carboxylic acids is 2. The third-order valence-corrected chi connectivity index (χ3v) is 1.31. The van der Waals surface area contributed by atoms with Gasteiger partial charge < -0.3 is 4.74 Å². The summed E-state index contributed by atoms with van der Waals surface area (Å²) in [7, 11) is 0. The zero-order chi connectivity index (χ0) is 9.72. The molecule has 0 spiro atoms. The van der Waals surface area contributed by atoms with E-state index in [1.165, 1.54) is 13.8 Å². The fourth-order valence-electron chi connectivity index (χ4n) is 0.624. The summed E-state index contributed by atoms with van der Waals surface area (Å²) in [5, 5.41) is 0. The van der Waals surface area contributed by atoms with Crippen LogP contribution < -0.4 is 0 Å². The van der Waals surface area contributed by atoms with Crippen molar-refractivity contribution in [2.45, 2.75) is 26.9 Å². The molecule has 0 fully saturated rings. The summed E-state index contributed by atoms with van der Waals surface area (Å²) in [5.74, 6) is -2.30. The Kier molecular flexibility index (Phi) is 4.47. The lowest BCUT2D eigenvalue weighted by Crippen LogP contribution is -2.30. The molecule has 0 heterocycles. The van der Waals surface area contributed by atoms with Crippen LogP contribution in [-0.2, 0) is 14.3 Å². The van der Waals surface area contributed by atoms with E-state index in [-0.39, 0.29) is 6.61 Å². The van der Waals surface area contributed by atoms with Crippen LogP contribution in [0.5, 0.6) is 0 Å². The first-order valence-electron chi connectivity index (χ1n) is 3.85. The minimum atomic E-state index is -2.12. The predicted octanol–water partition coefficient (Wildman–Crippen LogP) is 1.11. The van der Waals surface area contributed by atoms with E-state index >= 15 is 0 Å². The Bertz CT molecular complexity index is 177. The van der Waals surface area contributed by atoms with E-state index in [0.29, 0.717) is 0 Å². The Morgan fingerprint density at radius 2 is 1.92 bits per heavy atom. The van der Waals surface area contributed by atoms with Crippen LogP contribution in [0.15, 0.2) is 0 Å². The van der Waals surface area contributed by atoms with Crippen LogP contribution in [0.2, 0.25) is 0 Å². The van der Waals surface area contributed by atoms with E-state index in [1.54, 1.807) is 6.92 Å². The van der Waals surface area contributed by atoms with Crippen LogP contribution in [0.3, 0.4) is 0 Å². The minimum Gasteiger partial charge on any atom is -0.463 e. The smallest absolute Gasteiger partial charge is 0.348 e. The first kappa shape index (κ1) is 11.1. The molecule has 0 unspecified atom stereocenters. The highest BCUT2D eigenvalue weighted by atomic mass is 19.1. The maximum atomic E-state index is 12.8. The number of esters is 1. The summed E-state index contributed by atoms with van der Waals surface area (Å²) in [6.45, 7) is 4.72. The zero-order valence-corrected chi connectivity index (χ0v) is 7.46. The topological polar surface area (TPSA) is 43.4 Å². The second-order valence-corrected chi connectivity index (χ2v) is 2.67. The van der Waals surface area contributed by atoms with Gasteiger partial charge in [0.2, 0.25) is 0 Å². The largest absolute Gasteiger partial charge is 0.463 e. The van der Waals surface area contributed by atoms with Gasteiger partial charge >= 0.3 is 5.97 Å². The summed E-state index contributed by atoms with van der Waals surface area (Å²) < 4.78 is 17.1. The number of Topliss-reactive ketones (excluding diaryl/α,β-unsaturated/α-hetero) is 1. The molecule has 0 amide bonds. The maximum Gasteiger partial charge on any atom is 0.348 e. The number of ketones is 1. The van der Waals surface area contributed by atoms with Gasteiger partial charge in [0.15, 0.2) is 5.78 Å². The Labute approximate surface area is 70.9 Å². The fourth-order valence-corrected chi connectivity index (χ4v) is 0.624. The van der Waals surface area contributed by atoms with Crippen LogP contribution in [0.4, 0.5) is 4.39 Å². The molecular formula is C8H13FO3. The van der Waals surface area contributed by atoms with Crippen LogP contribution in [0, 0.1) is 5.92 Å². The first-order valence-corrected chi connectivity index (χ1v) is 3.85. The highest BCUT2D eigenvalue weighted by molar-refractivity contribution is 6.02. The summed E-state index contributed by atoms with van der Waals surface area (Å²) in [6.07, 6.45) is -2.12. The highest BCUT2D eigenvalue weighted by Crippen LogP contribution is 2.05. The van der Waals surface area contributed by atoms with Crippen LogP contribution in [0.1, 0.15) is 20.8 Å². The van der Waals surface area contributed by atoms with Crippen LogP contribution in [-0.4, -0.2) is 24.5 Å². The Morgan fingerprint density at radius 1 is 1.42 bits per heavy atom. The van der Waals surface area contributed by atoms with E-state index < -0.39 is 23.8 Å². The second-order valence-electron chi connectivity index (χ2n) is 2.67. The number of hydrogen-bond donors (Lipinski definition) is 0. The van der Waals surface area contributed by atoms with Crippen LogP contribution >= 0.6 is 0 Å². The molecule has 0 aromatic carbocycles. The summed E-state index contributed by atoms with van der Waals surface area (Å²) >= 11 is 0. The van der Waals surface area contributed by atoms with Crippen molar-refractivity contribution in [3.8, 4) is 0 Å².